The molecule has 2 aliphatic rings. The SMILES string of the molecule is NC1CCCCC1Nc1nc2c(c(-c3cnn(-c4ccc(F)cc4)c3)n1)C(=O)NC2. The molecule has 1 aliphatic carbocycles. The molecular weight excluding hydrogens is 385 g/mol. The fraction of sp³-hybridized carbons (Fsp3) is 0.333. The van der Waals surface area contributed by atoms with Crippen LogP contribution in [0.15, 0.2) is 36.7 Å². The molecule has 2 atom stereocenters. The normalized spacial score (nSPS) is 20.7. The van der Waals surface area contributed by atoms with E-state index in [0.29, 0.717) is 40.7 Å². The summed E-state index contributed by atoms with van der Waals surface area (Å²) in [6.07, 6.45) is 7.62. The number of halogens is 1. The summed E-state index contributed by atoms with van der Waals surface area (Å²) in [5, 5.41) is 10.6. The molecule has 4 N–H and O–H groups in total. The van der Waals surface area contributed by atoms with Gasteiger partial charge < -0.3 is 16.4 Å². The number of carbonyl (C=O) groups excluding carboxylic acids is 1. The third kappa shape index (κ3) is 3.41. The van der Waals surface area contributed by atoms with Gasteiger partial charge in [-0.25, -0.2) is 19.0 Å². The lowest BCUT2D eigenvalue weighted by Gasteiger charge is -2.29. The highest BCUT2D eigenvalue weighted by molar-refractivity contribution is 6.03. The first-order valence-electron chi connectivity index (χ1n) is 10.1. The van der Waals surface area contributed by atoms with Gasteiger partial charge in [-0.2, -0.15) is 5.10 Å². The van der Waals surface area contributed by atoms with Crippen molar-refractivity contribution in [2.45, 2.75) is 44.3 Å². The maximum Gasteiger partial charge on any atom is 0.255 e. The topological polar surface area (TPSA) is 111 Å². The highest BCUT2D eigenvalue weighted by Crippen LogP contribution is 2.29. The van der Waals surface area contributed by atoms with Crippen molar-refractivity contribution in [3.05, 3.63) is 53.7 Å². The lowest BCUT2D eigenvalue weighted by atomic mass is 9.91. The van der Waals surface area contributed by atoms with E-state index in [1.807, 2.05) is 0 Å². The molecule has 3 aromatic rings. The Morgan fingerprint density at radius 2 is 1.97 bits per heavy atom. The zero-order valence-corrected chi connectivity index (χ0v) is 16.3. The number of rotatable bonds is 4. The van der Waals surface area contributed by atoms with Crippen molar-refractivity contribution in [3.8, 4) is 16.9 Å². The summed E-state index contributed by atoms with van der Waals surface area (Å²) in [7, 11) is 0. The number of benzene rings is 1. The standard InChI is InChI=1S/C21H22FN7O/c22-13-5-7-14(8-6-13)29-11-12(9-25-29)19-18-17(10-24-20(18)30)27-21(28-19)26-16-4-2-1-3-15(16)23/h5-9,11,15-16H,1-4,10,23H2,(H,24,30)(H,26,27,28). The van der Waals surface area contributed by atoms with Crippen LogP contribution in [0.25, 0.3) is 16.9 Å². The van der Waals surface area contributed by atoms with Crippen LogP contribution in [0.4, 0.5) is 10.3 Å². The zero-order chi connectivity index (χ0) is 20.7. The summed E-state index contributed by atoms with van der Waals surface area (Å²) >= 11 is 0. The van der Waals surface area contributed by atoms with Gasteiger partial charge in [0, 0.05) is 23.8 Å². The maximum absolute atomic E-state index is 13.2. The third-order valence-electron chi connectivity index (χ3n) is 5.71. The van der Waals surface area contributed by atoms with Crippen LogP contribution >= 0.6 is 0 Å². The first-order chi connectivity index (χ1) is 14.6. The summed E-state index contributed by atoms with van der Waals surface area (Å²) in [5.74, 6) is -0.0411. The molecule has 1 saturated carbocycles. The molecule has 1 aromatic carbocycles. The summed E-state index contributed by atoms with van der Waals surface area (Å²) in [4.78, 5) is 21.7. The molecular formula is C21H22FN7O. The van der Waals surface area contributed by atoms with Crippen molar-refractivity contribution in [2.24, 2.45) is 5.73 Å². The number of aromatic nitrogens is 4. The summed E-state index contributed by atoms with van der Waals surface area (Å²) in [6.45, 7) is 0.362. The van der Waals surface area contributed by atoms with Gasteiger partial charge in [-0.05, 0) is 37.1 Å². The predicted molar refractivity (Wildman–Crippen MR) is 110 cm³/mol. The Morgan fingerprint density at radius 3 is 2.77 bits per heavy atom. The van der Waals surface area contributed by atoms with Crippen LogP contribution in [0.2, 0.25) is 0 Å². The minimum absolute atomic E-state index is 0.0556. The largest absolute Gasteiger partial charge is 0.350 e. The van der Waals surface area contributed by atoms with Crippen LogP contribution < -0.4 is 16.4 Å². The van der Waals surface area contributed by atoms with E-state index < -0.39 is 0 Å². The summed E-state index contributed by atoms with van der Waals surface area (Å²) in [6, 6.07) is 6.20. The van der Waals surface area contributed by atoms with Gasteiger partial charge in [0.05, 0.1) is 35.4 Å². The average molecular weight is 407 g/mol. The number of anilines is 1. The van der Waals surface area contributed by atoms with Gasteiger partial charge in [0.2, 0.25) is 5.95 Å². The van der Waals surface area contributed by atoms with Crippen molar-refractivity contribution in [3.63, 3.8) is 0 Å². The molecule has 8 nitrogen and oxygen atoms in total. The molecule has 0 bridgehead atoms. The van der Waals surface area contributed by atoms with Crippen molar-refractivity contribution >= 4 is 11.9 Å². The monoisotopic (exact) mass is 407 g/mol. The van der Waals surface area contributed by atoms with Crippen LogP contribution in [-0.2, 0) is 6.54 Å². The fourth-order valence-electron chi connectivity index (χ4n) is 4.08. The molecule has 0 spiro atoms. The van der Waals surface area contributed by atoms with Gasteiger partial charge in [-0.3, -0.25) is 4.79 Å². The minimum atomic E-state index is -0.312. The van der Waals surface area contributed by atoms with Gasteiger partial charge in [0.1, 0.15) is 5.82 Å². The molecule has 5 rings (SSSR count). The second-order valence-corrected chi connectivity index (χ2v) is 7.75. The van der Waals surface area contributed by atoms with E-state index >= 15 is 0 Å². The molecule has 30 heavy (non-hydrogen) atoms. The van der Waals surface area contributed by atoms with Gasteiger partial charge in [0.15, 0.2) is 0 Å². The Morgan fingerprint density at radius 1 is 1.17 bits per heavy atom. The first kappa shape index (κ1) is 18.7. The zero-order valence-electron chi connectivity index (χ0n) is 16.3. The average Bonchev–Trinajstić information content (AvgIpc) is 3.37. The number of nitrogens with zero attached hydrogens (tertiary/aromatic N) is 4. The molecule has 3 heterocycles. The van der Waals surface area contributed by atoms with E-state index in [-0.39, 0.29) is 23.8 Å². The van der Waals surface area contributed by atoms with Crippen molar-refractivity contribution in [1.29, 1.82) is 0 Å². The molecule has 9 heteroatoms. The number of hydrogen-bond donors (Lipinski definition) is 3. The van der Waals surface area contributed by atoms with Crippen LogP contribution in [0.3, 0.4) is 0 Å². The molecule has 1 aliphatic heterocycles. The Balaban J connectivity index is 1.52. The highest BCUT2D eigenvalue weighted by Gasteiger charge is 2.29. The quantitative estimate of drug-likeness (QED) is 0.613. The van der Waals surface area contributed by atoms with Crippen LogP contribution in [-0.4, -0.2) is 37.7 Å². The molecule has 0 saturated heterocycles. The number of fused-ring (bicyclic) bond motifs is 1. The summed E-state index contributed by atoms with van der Waals surface area (Å²) < 4.78 is 14.8. The lowest BCUT2D eigenvalue weighted by Crippen LogP contribution is -2.43. The third-order valence-corrected chi connectivity index (χ3v) is 5.71. The molecule has 154 valence electrons. The van der Waals surface area contributed by atoms with E-state index in [4.69, 9.17) is 5.73 Å². The second-order valence-electron chi connectivity index (χ2n) is 7.75. The Kier molecular flexibility index (Phi) is 4.66. The van der Waals surface area contributed by atoms with Crippen molar-refractivity contribution in [2.75, 3.05) is 5.32 Å². The molecule has 2 unspecified atom stereocenters. The van der Waals surface area contributed by atoms with Gasteiger partial charge in [0.25, 0.3) is 5.91 Å². The fourth-order valence-corrected chi connectivity index (χ4v) is 4.08. The van der Waals surface area contributed by atoms with E-state index in [9.17, 15) is 9.18 Å². The number of hydrogen-bond acceptors (Lipinski definition) is 6. The maximum atomic E-state index is 13.2. The van der Waals surface area contributed by atoms with E-state index in [0.717, 1.165) is 25.7 Å². The molecule has 1 fully saturated rings. The Hall–Kier alpha value is -3.33. The van der Waals surface area contributed by atoms with Gasteiger partial charge in [-0.1, -0.05) is 12.8 Å². The van der Waals surface area contributed by atoms with Crippen molar-refractivity contribution in [1.82, 2.24) is 25.1 Å². The molecule has 2 aromatic heterocycles. The minimum Gasteiger partial charge on any atom is -0.350 e. The van der Waals surface area contributed by atoms with Gasteiger partial charge in [-0.15, -0.1) is 0 Å². The highest BCUT2D eigenvalue weighted by atomic mass is 19.1. The van der Waals surface area contributed by atoms with Crippen LogP contribution in [0.1, 0.15) is 41.7 Å². The second kappa shape index (κ2) is 7.49. The van der Waals surface area contributed by atoms with E-state index in [1.54, 1.807) is 29.2 Å². The van der Waals surface area contributed by atoms with E-state index in [2.05, 4.69) is 25.7 Å². The first-order valence-corrected chi connectivity index (χ1v) is 10.1. The number of nitrogens with two attached hydrogens (primary N) is 1. The van der Waals surface area contributed by atoms with E-state index in [1.165, 1.54) is 12.1 Å². The Labute approximate surface area is 172 Å². The van der Waals surface area contributed by atoms with Gasteiger partial charge >= 0.3 is 0 Å². The number of carbonyl (C=O) groups is 1. The molecule has 0 radical (unpaired) electrons. The number of amides is 1. The van der Waals surface area contributed by atoms with Crippen molar-refractivity contribution < 1.29 is 9.18 Å². The molecule has 1 amide bonds. The predicted octanol–water partition coefficient (Wildman–Crippen LogP) is 2.39. The van der Waals surface area contributed by atoms with Crippen LogP contribution in [0, 0.1) is 5.82 Å². The summed E-state index contributed by atoms with van der Waals surface area (Å²) in [5.41, 5.74) is 9.31. The smallest absolute Gasteiger partial charge is 0.255 e. The Bertz CT molecular complexity index is 1100. The number of nitrogens with one attached hydrogen (secondary N) is 2. The lowest BCUT2D eigenvalue weighted by molar-refractivity contribution is 0.0966. The van der Waals surface area contributed by atoms with Crippen LogP contribution in [0.5, 0.6) is 0 Å².